The van der Waals surface area contributed by atoms with Crippen LogP contribution in [0.3, 0.4) is 0 Å². The van der Waals surface area contributed by atoms with Crippen LogP contribution in [0.1, 0.15) is 28.4 Å². The van der Waals surface area contributed by atoms with Crippen LogP contribution in [0.4, 0.5) is 11.4 Å². The molecule has 0 radical (unpaired) electrons. The van der Waals surface area contributed by atoms with Crippen LogP contribution >= 0.6 is 0 Å². The predicted octanol–water partition coefficient (Wildman–Crippen LogP) is 4.78. The van der Waals surface area contributed by atoms with Crippen molar-refractivity contribution in [1.29, 1.82) is 0 Å². The Morgan fingerprint density at radius 2 is 1.68 bits per heavy atom. The van der Waals surface area contributed by atoms with Crippen molar-refractivity contribution in [2.24, 2.45) is 0 Å². The highest BCUT2D eigenvalue weighted by atomic mass is 16.5. The largest absolute Gasteiger partial charge is 0.489 e. The molecular weight excluding hydrogens is 352 g/mol. The van der Waals surface area contributed by atoms with Gasteiger partial charge in [0.15, 0.2) is 0 Å². The molecule has 2 amide bonds. The van der Waals surface area contributed by atoms with Gasteiger partial charge in [-0.05, 0) is 48.4 Å². The number of nitrogens with one attached hydrogen (secondary N) is 2. The van der Waals surface area contributed by atoms with E-state index in [2.05, 4.69) is 10.6 Å². The zero-order valence-corrected chi connectivity index (χ0v) is 15.9. The Hall–Kier alpha value is -3.60. The van der Waals surface area contributed by atoms with Gasteiger partial charge in [0.2, 0.25) is 5.91 Å². The van der Waals surface area contributed by atoms with E-state index in [1.54, 1.807) is 30.3 Å². The molecule has 3 aromatic rings. The second-order valence-corrected chi connectivity index (χ2v) is 6.47. The van der Waals surface area contributed by atoms with E-state index in [4.69, 9.17) is 4.74 Å². The lowest BCUT2D eigenvalue weighted by Gasteiger charge is -2.11. The average Bonchev–Trinajstić information content (AvgIpc) is 2.69. The number of carbonyl (C=O) groups excluding carboxylic acids is 2. The van der Waals surface area contributed by atoms with Crippen molar-refractivity contribution in [3.63, 3.8) is 0 Å². The number of aryl methyl sites for hydroxylation is 1. The molecule has 142 valence electrons. The fourth-order valence-electron chi connectivity index (χ4n) is 2.70. The molecular formula is C23H22N2O3. The van der Waals surface area contributed by atoms with Gasteiger partial charge in [-0.1, -0.05) is 42.5 Å². The van der Waals surface area contributed by atoms with Crippen LogP contribution in [0.5, 0.6) is 5.75 Å². The van der Waals surface area contributed by atoms with Crippen molar-refractivity contribution < 1.29 is 14.3 Å². The standard InChI is InChI=1S/C23H22N2O3/c1-16-11-12-20(14-22(16)24-17(2)26)25-23(27)19-9-6-10-21(13-19)28-15-18-7-4-3-5-8-18/h3-14H,15H2,1-2H3,(H,24,26)(H,25,27). The van der Waals surface area contributed by atoms with E-state index in [1.165, 1.54) is 6.92 Å². The third-order valence-corrected chi connectivity index (χ3v) is 4.15. The molecule has 0 aliphatic carbocycles. The van der Waals surface area contributed by atoms with E-state index in [0.29, 0.717) is 29.3 Å². The molecule has 5 heteroatoms. The maximum atomic E-state index is 12.6. The Morgan fingerprint density at radius 1 is 0.893 bits per heavy atom. The minimum atomic E-state index is -0.247. The van der Waals surface area contributed by atoms with E-state index in [1.807, 2.05) is 49.4 Å². The molecule has 0 atom stereocenters. The van der Waals surface area contributed by atoms with Crippen molar-refractivity contribution in [2.45, 2.75) is 20.5 Å². The van der Waals surface area contributed by atoms with E-state index in [0.717, 1.165) is 11.1 Å². The summed E-state index contributed by atoms with van der Waals surface area (Å²) in [5.41, 5.74) is 3.75. The molecule has 3 rings (SSSR count). The third kappa shape index (κ3) is 5.20. The van der Waals surface area contributed by atoms with Gasteiger partial charge in [0.1, 0.15) is 12.4 Å². The van der Waals surface area contributed by atoms with Gasteiger partial charge in [-0.25, -0.2) is 0 Å². The van der Waals surface area contributed by atoms with E-state index < -0.39 is 0 Å². The van der Waals surface area contributed by atoms with Crippen LogP contribution < -0.4 is 15.4 Å². The Morgan fingerprint density at radius 3 is 2.43 bits per heavy atom. The summed E-state index contributed by atoms with van der Waals surface area (Å²) in [6.45, 7) is 3.78. The summed E-state index contributed by atoms with van der Waals surface area (Å²) >= 11 is 0. The predicted molar refractivity (Wildman–Crippen MR) is 111 cm³/mol. The molecule has 0 saturated heterocycles. The Kier molecular flexibility index (Phi) is 6.07. The highest BCUT2D eigenvalue weighted by Gasteiger charge is 2.09. The van der Waals surface area contributed by atoms with Crippen molar-refractivity contribution in [3.8, 4) is 5.75 Å². The second-order valence-electron chi connectivity index (χ2n) is 6.47. The molecule has 3 aromatic carbocycles. The number of benzene rings is 3. The SMILES string of the molecule is CC(=O)Nc1cc(NC(=O)c2cccc(OCc3ccccc3)c2)ccc1C. The first-order chi connectivity index (χ1) is 13.5. The smallest absolute Gasteiger partial charge is 0.255 e. The lowest BCUT2D eigenvalue weighted by atomic mass is 10.1. The molecule has 0 fully saturated rings. The summed E-state index contributed by atoms with van der Waals surface area (Å²) in [5, 5.41) is 5.61. The normalized spacial score (nSPS) is 10.2. The van der Waals surface area contributed by atoms with Gasteiger partial charge in [-0.15, -0.1) is 0 Å². The van der Waals surface area contributed by atoms with Gasteiger partial charge in [-0.3, -0.25) is 9.59 Å². The summed E-state index contributed by atoms with van der Waals surface area (Å²) in [6, 6.07) is 22.3. The van der Waals surface area contributed by atoms with Crippen LogP contribution in [0.25, 0.3) is 0 Å². The average molecular weight is 374 g/mol. The molecule has 0 saturated carbocycles. The Bertz CT molecular complexity index is 984. The number of anilines is 2. The first-order valence-electron chi connectivity index (χ1n) is 8.97. The quantitative estimate of drug-likeness (QED) is 0.652. The summed E-state index contributed by atoms with van der Waals surface area (Å²) < 4.78 is 5.78. The third-order valence-electron chi connectivity index (χ3n) is 4.15. The van der Waals surface area contributed by atoms with Gasteiger partial charge in [0.05, 0.1) is 0 Å². The number of hydrogen-bond acceptors (Lipinski definition) is 3. The molecule has 0 spiro atoms. The highest BCUT2D eigenvalue weighted by Crippen LogP contribution is 2.22. The van der Waals surface area contributed by atoms with Gasteiger partial charge >= 0.3 is 0 Å². The van der Waals surface area contributed by atoms with Crippen LogP contribution in [0.15, 0.2) is 72.8 Å². The molecule has 28 heavy (non-hydrogen) atoms. The fourth-order valence-corrected chi connectivity index (χ4v) is 2.70. The zero-order valence-electron chi connectivity index (χ0n) is 15.9. The lowest BCUT2D eigenvalue weighted by molar-refractivity contribution is -0.114. The Labute approximate surface area is 164 Å². The molecule has 0 aliphatic heterocycles. The molecule has 0 heterocycles. The van der Waals surface area contributed by atoms with Crippen molar-refractivity contribution >= 4 is 23.2 Å². The number of carbonyl (C=O) groups is 2. The van der Waals surface area contributed by atoms with E-state index in [-0.39, 0.29) is 11.8 Å². The molecule has 5 nitrogen and oxygen atoms in total. The Balaban J connectivity index is 1.68. The number of ether oxygens (including phenoxy) is 1. The van der Waals surface area contributed by atoms with Gasteiger partial charge in [0, 0.05) is 23.9 Å². The van der Waals surface area contributed by atoms with Crippen LogP contribution in [-0.2, 0) is 11.4 Å². The molecule has 0 unspecified atom stereocenters. The molecule has 0 bridgehead atoms. The number of amides is 2. The minimum Gasteiger partial charge on any atom is -0.489 e. The summed E-state index contributed by atoms with van der Waals surface area (Å²) in [5.74, 6) is 0.219. The minimum absolute atomic E-state index is 0.158. The summed E-state index contributed by atoms with van der Waals surface area (Å²) in [4.78, 5) is 23.9. The fraction of sp³-hybridized carbons (Fsp3) is 0.130. The van der Waals surface area contributed by atoms with Crippen molar-refractivity contribution in [3.05, 3.63) is 89.5 Å². The summed E-state index contributed by atoms with van der Waals surface area (Å²) in [7, 11) is 0. The second kappa shape index (κ2) is 8.86. The molecule has 2 N–H and O–H groups in total. The van der Waals surface area contributed by atoms with Crippen LogP contribution in [0, 0.1) is 6.92 Å². The van der Waals surface area contributed by atoms with Crippen molar-refractivity contribution in [1.82, 2.24) is 0 Å². The molecule has 0 aliphatic rings. The van der Waals surface area contributed by atoms with E-state index in [9.17, 15) is 9.59 Å². The van der Waals surface area contributed by atoms with Gasteiger partial charge in [-0.2, -0.15) is 0 Å². The monoisotopic (exact) mass is 374 g/mol. The first kappa shape index (κ1) is 19.2. The highest BCUT2D eigenvalue weighted by molar-refractivity contribution is 6.05. The van der Waals surface area contributed by atoms with Crippen LogP contribution in [-0.4, -0.2) is 11.8 Å². The number of hydrogen-bond donors (Lipinski definition) is 2. The summed E-state index contributed by atoms with van der Waals surface area (Å²) in [6.07, 6.45) is 0. The lowest BCUT2D eigenvalue weighted by Crippen LogP contribution is -2.13. The van der Waals surface area contributed by atoms with Crippen LogP contribution in [0.2, 0.25) is 0 Å². The van der Waals surface area contributed by atoms with Gasteiger partial charge in [0.25, 0.3) is 5.91 Å². The van der Waals surface area contributed by atoms with E-state index >= 15 is 0 Å². The topological polar surface area (TPSA) is 67.4 Å². The molecule has 0 aromatic heterocycles. The first-order valence-corrected chi connectivity index (χ1v) is 8.97. The number of rotatable bonds is 6. The van der Waals surface area contributed by atoms with Crippen molar-refractivity contribution in [2.75, 3.05) is 10.6 Å². The zero-order chi connectivity index (χ0) is 19.9. The maximum absolute atomic E-state index is 12.6. The maximum Gasteiger partial charge on any atom is 0.255 e. The van der Waals surface area contributed by atoms with Gasteiger partial charge < -0.3 is 15.4 Å².